The number of likely N-dealkylation sites (tertiary alicyclic amines) is 1. The number of nitrogens with zero attached hydrogens (tertiary/aromatic N) is 3. The summed E-state index contributed by atoms with van der Waals surface area (Å²) >= 11 is 1.48. The number of aromatic nitrogens is 1. The minimum absolute atomic E-state index is 0.0144. The van der Waals surface area contributed by atoms with Gasteiger partial charge >= 0.3 is 6.09 Å². The van der Waals surface area contributed by atoms with Gasteiger partial charge in [-0.25, -0.2) is 18.2 Å². The second-order valence-electron chi connectivity index (χ2n) is 16.5. The number of hydrogen-bond acceptors (Lipinski definition) is 11. The fourth-order valence-corrected chi connectivity index (χ4v) is 12.0. The van der Waals surface area contributed by atoms with Crippen LogP contribution in [-0.4, -0.2) is 109 Å². The van der Waals surface area contributed by atoms with Crippen LogP contribution in [0.1, 0.15) is 70.8 Å². The number of thiazole rings is 1. The molecule has 5 fully saturated rings. The molecule has 1 aromatic heterocycles. The van der Waals surface area contributed by atoms with E-state index in [1.807, 2.05) is 44.2 Å². The molecule has 1 amide bonds. The Morgan fingerprint density at radius 2 is 1.83 bits per heavy atom. The molecule has 5 aliphatic rings. The van der Waals surface area contributed by atoms with E-state index in [0.29, 0.717) is 18.6 Å². The van der Waals surface area contributed by atoms with Crippen molar-refractivity contribution in [1.29, 1.82) is 0 Å². The van der Waals surface area contributed by atoms with Crippen LogP contribution in [0.3, 0.4) is 0 Å². The smallest absolute Gasteiger partial charge is 0.407 e. The number of sulfonamides is 1. The molecule has 54 heavy (non-hydrogen) atoms. The number of hydrogen-bond donors (Lipinski definition) is 3. The Balaban J connectivity index is 0.953. The van der Waals surface area contributed by atoms with Gasteiger partial charge in [0.25, 0.3) is 0 Å². The van der Waals surface area contributed by atoms with E-state index in [0.717, 1.165) is 65.7 Å². The molecule has 2 aliphatic carbocycles. The lowest BCUT2D eigenvalue weighted by molar-refractivity contribution is -0.153. The zero-order chi connectivity index (χ0) is 37.4. The van der Waals surface area contributed by atoms with Gasteiger partial charge in [-0.1, -0.05) is 68.4 Å². The van der Waals surface area contributed by atoms with E-state index in [1.54, 1.807) is 18.2 Å². The van der Waals surface area contributed by atoms with Crippen molar-refractivity contribution in [2.75, 3.05) is 38.1 Å². The van der Waals surface area contributed by atoms with Crippen molar-refractivity contribution in [2.24, 2.45) is 17.8 Å². The molecule has 294 valence electrons. The van der Waals surface area contributed by atoms with E-state index >= 15 is 0 Å². The topological polar surface area (TPSA) is 143 Å². The predicted molar refractivity (Wildman–Crippen MR) is 208 cm³/mol. The maximum Gasteiger partial charge on any atom is 0.407 e. The lowest BCUT2D eigenvalue weighted by Gasteiger charge is -2.37. The van der Waals surface area contributed by atoms with E-state index in [4.69, 9.17) is 19.2 Å². The van der Waals surface area contributed by atoms with Crippen LogP contribution in [0.25, 0.3) is 10.2 Å². The summed E-state index contributed by atoms with van der Waals surface area (Å²) in [5.74, 6) is 0.382. The molecule has 0 spiro atoms. The maximum atomic E-state index is 14.4. The third kappa shape index (κ3) is 8.45. The molecule has 12 nitrogen and oxygen atoms in total. The van der Waals surface area contributed by atoms with Gasteiger partial charge in [0.1, 0.15) is 6.10 Å². The SMILES string of the molecule is CC(C)CN(CC(O)C(Cc1ccccc1)NC(=O)OC1C2COC3OC1CC3C2)S(=O)(=O)c1ccc2nc(NC3CCN(C4CCCC4)CC3)sc2c1. The van der Waals surface area contributed by atoms with Gasteiger partial charge in [0, 0.05) is 50.1 Å². The molecule has 3 aromatic rings. The second kappa shape index (κ2) is 16.3. The fourth-order valence-electron chi connectivity index (χ4n) is 9.33. The quantitative estimate of drug-likeness (QED) is 0.189. The van der Waals surface area contributed by atoms with E-state index in [2.05, 4.69) is 15.5 Å². The Kier molecular flexibility index (Phi) is 11.5. The standard InChI is InChI=1S/C40H55N5O7S2/c1-25(2)22-45(54(48,49)31-12-13-32-36(21-31)53-39(42-32)41-29-14-16-44(17-15-29)30-10-6-7-11-30)23-34(46)33(18-26-8-4-3-5-9-26)43-40(47)52-37-28-19-27-20-35(37)51-38(27)50-24-28/h3-5,8-9,12-13,21,25,27-30,33-35,37-38,46H,6-7,10-11,14-20,22-24H2,1-2H3,(H,41,42)(H,43,47). The average molecular weight is 782 g/mol. The summed E-state index contributed by atoms with van der Waals surface area (Å²) in [6.45, 7) is 6.57. The first-order valence-corrected chi connectivity index (χ1v) is 22.2. The number of anilines is 1. The molecule has 0 radical (unpaired) electrons. The number of amides is 1. The number of nitrogens with one attached hydrogen (secondary N) is 2. The molecule has 3 aliphatic heterocycles. The van der Waals surface area contributed by atoms with Crippen LogP contribution in [0.2, 0.25) is 0 Å². The Morgan fingerprint density at radius 3 is 2.59 bits per heavy atom. The molecule has 14 heteroatoms. The Bertz CT molecular complexity index is 1840. The Labute approximate surface area is 323 Å². The molecule has 4 heterocycles. The summed E-state index contributed by atoms with van der Waals surface area (Å²) in [5, 5.41) is 19.1. The Hall–Kier alpha value is -2.85. The molecular formula is C40H55N5O7S2. The van der Waals surface area contributed by atoms with Crippen molar-refractivity contribution in [3.05, 3.63) is 54.1 Å². The molecule has 3 N–H and O–H groups in total. The maximum absolute atomic E-state index is 14.4. The van der Waals surface area contributed by atoms with Crippen molar-refractivity contribution in [2.45, 2.75) is 119 Å². The molecule has 2 aromatic carbocycles. The van der Waals surface area contributed by atoms with Gasteiger partial charge < -0.3 is 34.9 Å². The number of aliphatic hydroxyl groups is 1. The monoisotopic (exact) mass is 781 g/mol. The van der Waals surface area contributed by atoms with Crippen molar-refractivity contribution in [3.63, 3.8) is 0 Å². The summed E-state index contributed by atoms with van der Waals surface area (Å²) < 4.78 is 48.7. The highest BCUT2D eigenvalue weighted by Crippen LogP contribution is 2.46. The normalized spacial score (nSPS) is 27.5. The molecule has 2 saturated carbocycles. The summed E-state index contributed by atoms with van der Waals surface area (Å²) in [6, 6.07) is 14.9. The number of alkyl carbamates (subject to hydrolysis) is 1. The van der Waals surface area contributed by atoms with Crippen LogP contribution in [0.5, 0.6) is 0 Å². The molecule has 3 saturated heterocycles. The van der Waals surface area contributed by atoms with Gasteiger partial charge in [-0.2, -0.15) is 4.31 Å². The van der Waals surface area contributed by atoms with Crippen molar-refractivity contribution in [3.8, 4) is 0 Å². The number of aliphatic hydroxyl groups excluding tert-OH is 1. The first-order valence-electron chi connectivity index (χ1n) is 20.0. The number of carbonyl (C=O) groups excluding carboxylic acids is 1. The van der Waals surface area contributed by atoms with Crippen molar-refractivity contribution in [1.82, 2.24) is 19.5 Å². The highest BCUT2D eigenvalue weighted by Gasteiger charge is 2.53. The summed E-state index contributed by atoms with van der Waals surface area (Å²) in [6.07, 6.45) is 6.69. The van der Waals surface area contributed by atoms with Crippen LogP contribution in [0.15, 0.2) is 53.4 Å². The van der Waals surface area contributed by atoms with E-state index < -0.39 is 34.4 Å². The minimum Gasteiger partial charge on any atom is -0.443 e. The summed E-state index contributed by atoms with van der Waals surface area (Å²) in [7, 11) is -4.03. The molecule has 3 bridgehead atoms. The second-order valence-corrected chi connectivity index (χ2v) is 19.5. The van der Waals surface area contributed by atoms with Crippen LogP contribution in [0.4, 0.5) is 9.93 Å². The lowest BCUT2D eigenvalue weighted by Crippen LogP contribution is -2.53. The van der Waals surface area contributed by atoms with E-state index in [9.17, 15) is 18.3 Å². The molecule has 8 rings (SSSR count). The van der Waals surface area contributed by atoms with Crippen LogP contribution in [0, 0.1) is 17.8 Å². The third-order valence-corrected chi connectivity index (χ3v) is 14.9. The number of rotatable bonds is 14. The molecule has 7 atom stereocenters. The van der Waals surface area contributed by atoms with Crippen LogP contribution < -0.4 is 10.6 Å². The highest BCUT2D eigenvalue weighted by atomic mass is 32.2. The third-order valence-electron chi connectivity index (χ3n) is 12.1. The minimum atomic E-state index is -4.03. The lowest BCUT2D eigenvalue weighted by atomic mass is 9.78. The first kappa shape index (κ1) is 38.0. The molecular weight excluding hydrogens is 727 g/mol. The van der Waals surface area contributed by atoms with Gasteiger partial charge in [0.2, 0.25) is 10.0 Å². The van der Waals surface area contributed by atoms with Crippen LogP contribution >= 0.6 is 11.3 Å². The fraction of sp³-hybridized carbons (Fsp3) is 0.650. The van der Waals surface area contributed by atoms with Gasteiger partial charge in [-0.3, -0.25) is 0 Å². The number of piperidine rings is 1. The Morgan fingerprint density at radius 1 is 1.06 bits per heavy atom. The predicted octanol–water partition coefficient (Wildman–Crippen LogP) is 5.61. The average Bonchev–Trinajstić information content (AvgIpc) is 3.90. The zero-order valence-corrected chi connectivity index (χ0v) is 33.0. The number of carbonyl (C=O) groups is 1. The zero-order valence-electron chi connectivity index (χ0n) is 31.3. The van der Waals surface area contributed by atoms with Crippen molar-refractivity contribution >= 4 is 42.8 Å². The van der Waals surface area contributed by atoms with E-state index in [1.165, 1.54) is 41.3 Å². The number of ether oxygens (including phenoxy) is 3. The number of benzene rings is 2. The van der Waals surface area contributed by atoms with Gasteiger partial charge in [-0.05, 0) is 74.6 Å². The molecule has 7 unspecified atom stereocenters. The first-order chi connectivity index (χ1) is 26.1. The summed E-state index contributed by atoms with van der Waals surface area (Å²) in [5.41, 5.74) is 1.65. The largest absolute Gasteiger partial charge is 0.443 e. The van der Waals surface area contributed by atoms with Crippen molar-refractivity contribution < 1.29 is 32.5 Å². The van der Waals surface area contributed by atoms with Gasteiger partial charge in [0.15, 0.2) is 11.4 Å². The van der Waals surface area contributed by atoms with E-state index in [-0.39, 0.29) is 48.6 Å². The van der Waals surface area contributed by atoms with Gasteiger partial charge in [0.05, 0.1) is 40.0 Å². The van der Waals surface area contributed by atoms with Gasteiger partial charge in [-0.15, -0.1) is 0 Å². The number of fused-ring (bicyclic) bond motifs is 3. The highest BCUT2D eigenvalue weighted by molar-refractivity contribution is 7.89. The summed E-state index contributed by atoms with van der Waals surface area (Å²) in [4.78, 5) is 21.1. The van der Waals surface area contributed by atoms with Crippen LogP contribution in [-0.2, 0) is 30.7 Å².